The van der Waals surface area contributed by atoms with Crippen LogP contribution in [0, 0.1) is 0 Å². The third kappa shape index (κ3) is 3.24. The molecule has 0 aliphatic carbocycles. The van der Waals surface area contributed by atoms with Crippen LogP contribution in [0.3, 0.4) is 0 Å². The van der Waals surface area contributed by atoms with Crippen molar-refractivity contribution in [1.29, 1.82) is 0 Å². The molecule has 1 atom stereocenters. The second-order valence-corrected chi connectivity index (χ2v) is 7.85. The van der Waals surface area contributed by atoms with Gasteiger partial charge in [0.2, 0.25) is 5.91 Å². The first-order chi connectivity index (χ1) is 10.6. The number of benzene rings is 1. The molecule has 2 heterocycles. The Labute approximate surface area is 147 Å². The van der Waals surface area contributed by atoms with Crippen molar-refractivity contribution in [3.63, 3.8) is 0 Å². The van der Waals surface area contributed by atoms with Gasteiger partial charge in [0, 0.05) is 31.2 Å². The van der Waals surface area contributed by atoms with Crippen LogP contribution in [0.15, 0.2) is 18.2 Å². The fourth-order valence-corrected chi connectivity index (χ4v) is 4.10. The van der Waals surface area contributed by atoms with Gasteiger partial charge in [-0.3, -0.25) is 4.79 Å². The molecule has 1 fully saturated rings. The van der Waals surface area contributed by atoms with E-state index in [2.05, 4.69) is 25.8 Å². The smallest absolute Gasteiger partial charge is 0.236 e. The molecule has 0 saturated carbocycles. The van der Waals surface area contributed by atoms with Crippen LogP contribution in [0.25, 0.3) is 10.2 Å². The van der Waals surface area contributed by atoms with Crippen molar-refractivity contribution in [3.8, 4) is 0 Å². The highest BCUT2D eigenvalue weighted by Crippen LogP contribution is 2.31. The standard InChI is InChI=1S/C15H17BrClN3OS/c1-2-11(16)14(21)19-5-7-20(8-6-19)15-18-12-4-3-10(17)9-13(12)22-15/h3-4,9,11H,2,5-8H2,1H3. The first kappa shape index (κ1) is 16.0. The van der Waals surface area contributed by atoms with Crippen molar-refractivity contribution in [1.82, 2.24) is 9.88 Å². The highest BCUT2D eigenvalue weighted by Gasteiger charge is 2.26. The number of aromatic nitrogens is 1. The quantitative estimate of drug-likeness (QED) is 0.733. The lowest BCUT2D eigenvalue weighted by atomic mass is 10.2. The molecule has 0 bridgehead atoms. The molecule has 0 N–H and O–H groups in total. The van der Waals surface area contributed by atoms with Gasteiger partial charge in [0.1, 0.15) is 0 Å². The zero-order chi connectivity index (χ0) is 15.7. The average molecular weight is 403 g/mol. The number of piperazine rings is 1. The maximum Gasteiger partial charge on any atom is 0.236 e. The van der Waals surface area contributed by atoms with E-state index in [0.717, 1.165) is 53.0 Å². The summed E-state index contributed by atoms with van der Waals surface area (Å²) in [5.41, 5.74) is 0.981. The van der Waals surface area contributed by atoms with Crippen LogP contribution >= 0.6 is 38.9 Å². The Kier molecular flexibility index (Phi) is 4.90. The van der Waals surface area contributed by atoms with E-state index in [9.17, 15) is 4.79 Å². The highest BCUT2D eigenvalue weighted by molar-refractivity contribution is 9.10. The van der Waals surface area contributed by atoms with E-state index in [-0.39, 0.29) is 10.7 Å². The Bertz CT molecular complexity index is 684. The summed E-state index contributed by atoms with van der Waals surface area (Å²) in [5, 5.41) is 1.75. The summed E-state index contributed by atoms with van der Waals surface area (Å²) in [6, 6.07) is 5.77. The second-order valence-electron chi connectivity index (χ2n) is 5.30. The van der Waals surface area contributed by atoms with Gasteiger partial charge >= 0.3 is 0 Å². The van der Waals surface area contributed by atoms with E-state index in [1.807, 2.05) is 30.0 Å². The lowest BCUT2D eigenvalue weighted by Crippen LogP contribution is -2.50. The van der Waals surface area contributed by atoms with E-state index in [0.29, 0.717) is 0 Å². The zero-order valence-corrected chi connectivity index (χ0v) is 15.4. The van der Waals surface area contributed by atoms with Crippen molar-refractivity contribution in [3.05, 3.63) is 23.2 Å². The van der Waals surface area contributed by atoms with Gasteiger partial charge in [0.05, 0.1) is 15.0 Å². The number of rotatable bonds is 3. The van der Waals surface area contributed by atoms with Gasteiger partial charge in [-0.2, -0.15) is 0 Å². The maximum atomic E-state index is 12.2. The molecule has 0 spiro atoms. The summed E-state index contributed by atoms with van der Waals surface area (Å²) in [5.74, 6) is 0.193. The molecule has 0 radical (unpaired) electrons. The van der Waals surface area contributed by atoms with Crippen molar-refractivity contribution in [2.45, 2.75) is 18.2 Å². The largest absolute Gasteiger partial charge is 0.345 e. The van der Waals surface area contributed by atoms with Gasteiger partial charge in [-0.25, -0.2) is 4.98 Å². The number of thiazole rings is 1. The predicted molar refractivity (Wildman–Crippen MR) is 96.4 cm³/mol. The Hall–Kier alpha value is -0.850. The third-order valence-electron chi connectivity index (χ3n) is 3.83. The van der Waals surface area contributed by atoms with Gasteiger partial charge < -0.3 is 9.80 Å². The second kappa shape index (κ2) is 6.72. The summed E-state index contributed by atoms with van der Waals surface area (Å²) in [4.78, 5) is 21.0. The van der Waals surface area contributed by atoms with Gasteiger partial charge in [-0.1, -0.05) is 45.8 Å². The minimum absolute atomic E-state index is 0.0661. The molecule has 2 aromatic rings. The molecule has 1 aliphatic heterocycles. The lowest BCUT2D eigenvalue weighted by Gasteiger charge is -2.35. The summed E-state index contributed by atoms with van der Waals surface area (Å²) < 4.78 is 1.10. The van der Waals surface area contributed by atoms with Gasteiger partial charge in [-0.05, 0) is 24.6 Å². The number of nitrogens with zero attached hydrogens (tertiary/aromatic N) is 3. The van der Waals surface area contributed by atoms with Crippen LogP contribution in [0.5, 0.6) is 0 Å². The minimum atomic E-state index is -0.0661. The molecule has 1 saturated heterocycles. The number of halogens is 2. The normalized spacial score (nSPS) is 17.0. The number of carbonyl (C=O) groups excluding carboxylic acids is 1. The van der Waals surface area contributed by atoms with E-state index in [4.69, 9.17) is 11.6 Å². The summed E-state index contributed by atoms with van der Waals surface area (Å²) >= 11 is 11.1. The molecule has 1 aromatic carbocycles. The average Bonchev–Trinajstić information content (AvgIpc) is 2.96. The van der Waals surface area contributed by atoms with Crippen LogP contribution in [0.4, 0.5) is 5.13 Å². The molecule has 3 rings (SSSR count). The number of fused-ring (bicyclic) bond motifs is 1. The molecule has 1 amide bonds. The van der Waals surface area contributed by atoms with Gasteiger partial charge in [0.15, 0.2) is 5.13 Å². The first-order valence-corrected chi connectivity index (χ1v) is 9.43. The number of carbonyl (C=O) groups is 1. The van der Waals surface area contributed by atoms with Crippen LogP contribution < -0.4 is 4.90 Å². The number of hydrogen-bond donors (Lipinski definition) is 0. The van der Waals surface area contributed by atoms with Crippen LogP contribution in [0.2, 0.25) is 5.02 Å². The number of hydrogen-bond acceptors (Lipinski definition) is 4. The number of alkyl halides is 1. The van der Waals surface area contributed by atoms with Crippen molar-refractivity contribution >= 4 is 60.1 Å². The Morgan fingerprint density at radius 3 is 2.82 bits per heavy atom. The van der Waals surface area contributed by atoms with Crippen molar-refractivity contribution in [2.24, 2.45) is 0 Å². The summed E-state index contributed by atoms with van der Waals surface area (Å²) in [6.45, 7) is 5.15. The Morgan fingerprint density at radius 1 is 1.41 bits per heavy atom. The van der Waals surface area contributed by atoms with Crippen molar-refractivity contribution < 1.29 is 4.79 Å². The number of amides is 1. The van der Waals surface area contributed by atoms with E-state index < -0.39 is 0 Å². The van der Waals surface area contributed by atoms with Gasteiger partial charge in [0.25, 0.3) is 0 Å². The van der Waals surface area contributed by atoms with Crippen LogP contribution in [-0.4, -0.2) is 46.8 Å². The SMILES string of the molecule is CCC(Br)C(=O)N1CCN(c2nc3ccc(Cl)cc3s2)CC1. The van der Waals surface area contributed by atoms with E-state index >= 15 is 0 Å². The molecule has 118 valence electrons. The first-order valence-electron chi connectivity index (χ1n) is 7.32. The van der Waals surface area contributed by atoms with Gasteiger partial charge in [-0.15, -0.1) is 0 Å². The zero-order valence-electron chi connectivity index (χ0n) is 12.3. The lowest BCUT2D eigenvalue weighted by molar-refractivity contribution is -0.130. The predicted octanol–water partition coefficient (Wildman–Crippen LogP) is 3.77. The monoisotopic (exact) mass is 401 g/mol. The fourth-order valence-electron chi connectivity index (χ4n) is 2.51. The molecule has 4 nitrogen and oxygen atoms in total. The van der Waals surface area contributed by atoms with Crippen LogP contribution in [0.1, 0.15) is 13.3 Å². The molecular weight excluding hydrogens is 386 g/mol. The Morgan fingerprint density at radius 2 is 2.14 bits per heavy atom. The van der Waals surface area contributed by atoms with E-state index in [1.54, 1.807) is 11.3 Å². The maximum absolute atomic E-state index is 12.2. The summed E-state index contributed by atoms with van der Waals surface area (Å²) in [7, 11) is 0. The molecule has 1 unspecified atom stereocenters. The minimum Gasteiger partial charge on any atom is -0.345 e. The molecular formula is C15H17BrClN3OS. The fraction of sp³-hybridized carbons (Fsp3) is 0.467. The van der Waals surface area contributed by atoms with Crippen LogP contribution in [-0.2, 0) is 4.79 Å². The number of anilines is 1. The third-order valence-corrected chi connectivity index (χ3v) is 6.18. The molecule has 1 aliphatic rings. The van der Waals surface area contributed by atoms with Crippen molar-refractivity contribution in [2.75, 3.05) is 31.1 Å². The molecule has 22 heavy (non-hydrogen) atoms. The Balaban J connectivity index is 1.68. The topological polar surface area (TPSA) is 36.4 Å². The highest BCUT2D eigenvalue weighted by atomic mass is 79.9. The molecule has 1 aromatic heterocycles. The van der Waals surface area contributed by atoms with E-state index in [1.165, 1.54) is 0 Å². The summed E-state index contributed by atoms with van der Waals surface area (Å²) in [6.07, 6.45) is 0.817. The molecule has 7 heteroatoms.